The number of alkyl halides is 4. The normalized spacial score (nSPS) is 23.5. The number of aryl methyl sites for hydroxylation is 1. The van der Waals surface area contributed by atoms with E-state index in [-0.39, 0.29) is 6.04 Å². The monoisotopic (exact) mass is 275 g/mol. The fourth-order valence-electron chi connectivity index (χ4n) is 2.34. The highest BCUT2D eigenvalue weighted by Crippen LogP contribution is 2.37. The van der Waals surface area contributed by atoms with Crippen molar-refractivity contribution >= 4 is 0 Å². The van der Waals surface area contributed by atoms with Gasteiger partial charge in [0.1, 0.15) is 0 Å². The second-order valence-electron chi connectivity index (χ2n) is 5.22. The lowest BCUT2D eigenvalue weighted by Gasteiger charge is -2.37. The molecular weight excluding hydrogens is 258 g/mol. The first-order valence-electron chi connectivity index (χ1n) is 6.34. The molecule has 1 aliphatic carbocycles. The average molecular weight is 275 g/mol. The van der Waals surface area contributed by atoms with Gasteiger partial charge >= 0.3 is 12.3 Å². The molecule has 0 unspecified atom stereocenters. The van der Waals surface area contributed by atoms with Gasteiger partial charge in [0.2, 0.25) is 0 Å². The van der Waals surface area contributed by atoms with Gasteiger partial charge in [0, 0.05) is 6.04 Å². The third-order valence-electron chi connectivity index (χ3n) is 3.60. The molecule has 0 aliphatic heterocycles. The Balaban J connectivity index is 1.78. The molecule has 0 saturated heterocycles. The highest BCUT2D eigenvalue weighted by Gasteiger charge is 2.42. The summed E-state index contributed by atoms with van der Waals surface area (Å²) in [5.41, 5.74) is 2.36. The summed E-state index contributed by atoms with van der Waals surface area (Å²) in [6.45, 7) is 1.05. The van der Waals surface area contributed by atoms with Gasteiger partial charge in [-0.1, -0.05) is 29.8 Å². The molecule has 106 valence electrons. The lowest BCUT2D eigenvalue weighted by molar-refractivity contribution is -0.127. The van der Waals surface area contributed by atoms with E-state index in [9.17, 15) is 17.6 Å². The zero-order valence-corrected chi connectivity index (χ0v) is 10.7. The zero-order chi connectivity index (χ0) is 14.0. The van der Waals surface area contributed by atoms with Gasteiger partial charge in [-0.25, -0.2) is 8.78 Å². The van der Waals surface area contributed by atoms with E-state index in [2.05, 4.69) is 11.4 Å². The minimum absolute atomic E-state index is 0.0878. The fraction of sp³-hybridized carbons (Fsp3) is 0.571. The van der Waals surface area contributed by atoms with Gasteiger partial charge in [-0.3, -0.25) is 0 Å². The summed E-state index contributed by atoms with van der Waals surface area (Å²) in [7, 11) is 0. The molecule has 0 aromatic heterocycles. The Morgan fingerprint density at radius 1 is 1.32 bits per heavy atom. The maximum absolute atomic E-state index is 12.7. The summed E-state index contributed by atoms with van der Waals surface area (Å²) in [4.78, 5) is 0. The molecule has 0 heterocycles. The zero-order valence-electron chi connectivity index (χ0n) is 10.7. The van der Waals surface area contributed by atoms with Crippen LogP contribution in [-0.4, -0.2) is 24.9 Å². The van der Waals surface area contributed by atoms with Gasteiger partial charge in [0.05, 0.1) is 6.54 Å². The molecule has 1 fully saturated rings. The molecule has 1 aliphatic rings. The predicted octanol–water partition coefficient (Wildman–Crippen LogP) is 3.73. The Hall–Kier alpha value is -1.10. The molecule has 2 rings (SSSR count). The van der Waals surface area contributed by atoms with Crippen LogP contribution in [0.5, 0.6) is 0 Å². The minimum atomic E-state index is -3.94. The van der Waals surface area contributed by atoms with Crippen LogP contribution in [0, 0.1) is 6.92 Å². The minimum Gasteiger partial charge on any atom is -0.308 e. The second-order valence-corrected chi connectivity index (χ2v) is 5.22. The highest BCUT2D eigenvalue weighted by atomic mass is 19.3. The van der Waals surface area contributed by atoms with Crippen LogP contribution in [0.1, 0.15) is 29.9 Å². The van der Waals surface area contributed by atoms with Gasteiger partial charge in [0.15, 0.2) is 0 Å². The van der Waals surface area contributed by atoms with Crippen LogP contribution in [0.3, 0.4) is 0 Å². The van der Waals surface area contributed by atoms with Crippen molar-refractivity contribution in [3.63, 3.8) is 0 Å². The Bertz CT molecular complexity index is 427. The van der Waals surface area contributed by atoms with E-state index < -0.39 is 18.9 Å². The van der Waals surface area contributed by atoms with Crippen molar-refractivity contribution in [2.45, 2.75) is 44.1 Å². The number of nitrogens with one attached hydrogen (secondary N) is 1. The van der Waals surface area contributed by atoms with Crippen molar-refractivity contribution in [1.82, 2.24) is 5.32 Å². The summed E-state index contributed by atoms with van der Waals surface area (Å²) >= 11 is 0. The van der Waals surface area contributed by atoms with Crippen LogP contribution in [0.25, 0.3) is 0 Å². The molecule has 0 amide bonds. The molecule has 5 heteroatoms. The van der Waals surface area contributed by atoms with Crippen LogP contribution in [-0.2, 0) is 0 Å². The largest absolute Gasteiger partial charge is 0.319 e. The number of hydrogen-bond acceptors (Lipinski definition) is 1. The van der Waals surface area contributed by atoms with Gasteiger partial charge in [0.25, 0.3) is 0 Å². The SMILES string of the molecule is Cc1cccc(C2CC(NCC(F)(F)C(F)F)C2)c1. The van der Waals surface area contributed by atoms with Gasteiger partial charge in [-0.2, -0.15) is 8.78 Å². The van der Waals surface area contributed by atoms with E-state index in [1.165, 1.54) is 5.56 Å². The second kappa shape index (κ2) is 5.49. The smallest absolute Gasteiger partial charge is 0.308 e. The molecule has 0 bridgehead atoms. The lowest BCUT2D eigenvalue weighted by atomic mass is 9.75. The number of benzene rings is 1. The third kappa shape index (κ3) is 3.47. The molecule has 1 saturated carbocycles. The Morgan fingerprint density at radius 2 is 2.00 bits per heavy atom. The molecular formula is C14H17F4N. The van der Waals surface area contributed by atoms with E-state index in [1.807, 2.05) is 25.1 Å². The molecule has 1 aromatic rings. The van der Waals surface area contributed by atoms with E-state index in [0.29, 0.717) is 5.92 Å². The molecule has 1 nitrogen and oxygen atoms in total. The maximum atomic E-state index is 12.7. The van der Waals surface area contributed by atoms with Crippen LogP contribution in [0.15, 0.2) is 24.3 Å². The first-order valence-corrected chi connectivity index (χ1v) is 6.34. The van der Waals surface area contributed by atoms with Crippen LogP contribution in [0.2, 0.25) is 0 Å². The Morgan fingerprint density at radius 3 is 2.58 bits per heavy atom. The number of hydrogen-bond donors (Lipinski definition) is 1. The number of rotatable bonds is 5. The summed E-state index contributed by atoms with van der Waals surface area (Å²) in [5.74, 6) is -3.59. The predicted molar refractivity (Wildman–Crippen MR) is 65.9 cm³/mol. The first-order chi connectivity index (χ1) is 8.88. The molecule has 19 heavy (non-hydrogen) atoms. The van der Waals surface area contributed by atoms with E-state index >= 15 is 0 Å². The first kappa shape index (κ1) is 14.3. The highest BCUT2D eigenvalue weighted by molar-refractivity contribution is 5.27. The average Bonchev–Trinajstić information content (AvgIpc) is 2.26. The molecule has 0 spiro atoms. The van der Waals surface area contributed by atoms with Crippen molar-refractivity contribution in [2.24, 2.45) is 0 Å². The van der Waals surface area contributed by atoms with Gasteiger partial charge in [-0.15, -0.1) is 0 Å². The van der Waals surface area contributed by atoms with Crippen LogP contribution >= 0.6 is 0 Å². The quantitative estimate of drug-likeness (QED) is 0.807. The van der Waals surface area contributed by atoms with Crippen molar-refractivity contribution in [3.8, 4) is 0 Å². The number of halogens is 4. The van der Waals surface area contributed by atoms with Crippen molar-refractivity contribution in [1.29, 1.82) is 0 Å². The Labute approximate surface area is 110 Å². The summed E-state index contributed by atoms with van der Waals surface area (Å²) in [6, 6.07) is 7.98. The molecule has 1 N–H and O–H groups in total. The van der Waals surface area contributed by atoms with Crippen LogP contribution in [0.4, 0.5) is 17.6 Å². The maximum Gasteiger partial charge on any atom is 0.319 e. The summed E-state index contributed by atoms with van der Waals surface area (Å²) < 4.78 is 49.4. The van der Waals surface area contributed by atoms with Crippen molar-refractivity contribution in [2.75, 3.05) is 6.54 Å². The van der Waals surface area contributed by atoms with E-state index in [0.717, 1.165) is 18.4 Å². The third-order valence-corrected chi connectivity index (χ3v) is 3.60. The molecule has 1 aromatic carbocycles. The van der Waals surface area contributed by atoms with Gasteiger partial charge < -0.3 is 5.32 Å². The molecule has 0 radical (unpaired) electrons. The van der Waals surface area contributed by atoms with E-state index in [4.69, 9.17) is 0 Å². The summed E-state index contributed by atoms with van der Waals surface area (Å²) in [6.07, 6.45) is -2.15. The van der Waals surface area contributed by atoms with Gasteiger partial charge in [-0.05, 0) is 31.2 Å². The van der Waals surface area contributed by atoms with Crippen molar-refractivity contribution < 1.29 is 17.6 Å². The lowest BCUT2D eigenvalue weighted by Crippen LogP contribution is -2.47. The van der Waals surface area contributed by atoms with Crippen molar-refractivity contribution in [3.05, 3.63) is 35.4 Å². The fourth-order valence-corrected chi connectivity index (χ4v) is 2.34. The van der Waals surface area contributed by atoms with Crippen LogP contribution < -0.4 is 5.32 Å². The molecule has 0 atom stereocenters. The van der Waals surface area contributed by atoms with E-state index in [1.54, 1.807) is 0 Å². The summed E-state index contributed by atoms with van der Waals surface area (Å²) in [5, 5.41) is 2.53. The Kier molecular flexibility index (Phi) is 4.13. The standard InChI is InChI=1S/C14H17F4N/c1-9-3-2-4-10(5-9)11-6-12(7-11)19-8-14(17,18)13(15)16/h2-5,11-13,19H,6-8H2,1H3. The topological polar surface area (TPSA) is 12.0 Å².